The summed E-state index contributed by atoms with van der Waals surface area (Å²) in [5.41, 5.74) is 2.07. The van der Waals surface area contributed by atoms with Crippen LogP contribution in [0, 0.1) is 12.8 Å². The minimum Gasteiger partial charge on any atom is -0.492 e. The van der Waals surface area contributed by atoms with Gasteiger partial charge in [-0.3, -0.25) is 13.9 Å². The molecule has 8 nitrogen and oxygen atoms in total. The van der Waals surface area contributed by atoms with Crippen LogP contribution >= 0.6 is 11.8 Å². The van der Waals surface area contributed by atoms with E-state index in [0.29, 0.717) is 18.9 Å². The number of rotatable bonds is 14. The van der Waals surface area contributed by atoms with Gasteiger partial charge < -0.3 is 15.0 Å². The van der Waals surface area contributed by atoms with E-state index in [2.05, 4.69) is 5.32 Å². The normalized spacial score (nSPS) is 12.1. The lowest BCUT2D eigenvalue weighted by Crippen LogP contribution is -2.51. The van der Waals surface area contributed by atoms with Gasteiger partial charge in [0.25, 0.3) is 10.0 Å². The molecule has 1 N–H and O–H groups in total. The van der Waals surface area contributed by atoms with E-state index in [1.165, 1.54) is 28.8 Å². The van der Waals surface area contributed by atoms with Gasteiger partial charge >= 0.3 is 0 Å². The molecule has 0 aliphatic heterocycles. The molecule has 0 aromatic heterocycles. The van der Waals surface area contributed by atoms with Crippen LogP contribution < -0.4 is 14.4 Å². The number of carbonyl (C=O) groups excluding carboxylic acids is 2. The van der Waals surface area contributed by atoms with Crippen LogP contribution in [0.15, 0.2) is 82.6 Å². The first-order valence-electron chi connectivity index (χ1n) is 14.0. The predicted octanol–water partition coefficient (Wildman–Crippen LogP) is 5.50. The molecule has 0 heterocycles. The van der Waals surface area contributed by atoms with E-state index in [0.717, 1.165) is 20.3 Å². The number of anilines is 1. The number of hydrogen-bond acceptors (Lipinski definition) is 6. The third-order valence-corrected chi connectivity index (χ3v) is 9.33. The second-order valence-electron chi connectivity index (χ2n) is 10.4. The molecule has 0 aliphatic carbocycles. The number of hydrogen-bond donors (Lipinski definition) is 1. The van der Waals surface area contributed by atoms with E-state index in [-0.39, 0.29) is 29.0 Å². The Labute approximate surface area is 254 Å². The van der Waals surface area contributed by atoms with Crippen molar-refractivity contribution in [3.05, 3.63) is 83.9 Å². The highest BCUT2D eigenvalue weighted by Gasteiger charge is 2.34. The van der Waals surface area contributed by atoms with E-state index in [9.17, 15) is 18.0 Å². The average Bonchev–Trinajstić information content (AvgIpc) is 2.98. The molecule has 2 amide bonds. The van der Waals surface area contributed by atoms with Crippen molar-refractivity contribution in [2.45, 2.75) is 57.0 Å². The summed E-state index contributed by atoms with van der Waals surface area (Å²) in [6, 6.07) is 20.1. The maximum atomic E-state index is 14.2. The van der Waals surface area contributed by atoms with Crippen molar-refractivity contribution in [3.63, 3.8) is 0 Å². The molecule has 10 heteroatoms. The molecule has 0 radical (unpaired) electrons. The van der Waals surface area contributed by atoms with Gasteiger partial charge in [-0.2, -0.15) is 0 Å². The van der Waals surface area contributed by atoms with E-state index in [4.69, 9.17) is 4.74 Å². The van der Waals surface area contributed by atoms with Gasteiger partial charge in [0, 0.05) is 18.0 Å². The SMILES string of the molecule is CCOc1ccccc1N(CC(=O)N(Cc1ccccc1C)C(C)C(=O)NCC(C)C)S(=O)(=O)c1ccc(SC)cc1. The molecular weight excluding hydrogens is 571 g/mol. The minimum absolute atomic E-state index is 0.0487. The minimum atomic E-state index is -4.20. The number of nitrogens with zero attached hydrogens (tertiary/aromatic N) is 2. The Kier molecular flexibility index (Phi) is 11.9. The Balaban J connectivity index is 2.08. The molecule has 3 rings (SSSR count). The Morgan fingerprint density at radius 3 is 2.21 bits per heavy atom. The topological polar surface area (TPSA) is 96.0 Å². The van der Waals surface area contributed by atoms with Crippen molar-refractivity contribution in [1.29, 1.82) is 0 Å². The summed E-state index contributed by atoms with van der Waals surface area (Å²) >= 11 is 1.50. The molecule has 226 valence electrons. The molecule has 0 saturated carbocycles. The van der Waals surface area contributed by atoms with Crippen molar-refractivity contribution in [1.82, 2.24) is 10.2 Å². The zero-order valence-corrected chi connectivity index (χ0v) is 26.8. The van der Waals surface area contributed by atoms with Gasteiger partial charge in [-0.05, 0) is 80.5 Å². The van der Waals surface area contributed by atoms with E-state index >= 15 is 0 Å². The lowest BCUT2D eigenvalue weighted by molar-refractivity contribution is -0.139. The average molecular weight is 612 g/mol. The maximum absolute atomic E-state index is 14.2. The first kappa shape index (κ1) is 33.0. The van der Waals surface area contributed by atoms with Gasteiger partial charge in [-0.15, -0.1) is 11.8 Å². The highest BCUT2D eigenvalue weighted by atomic mass is 32.2. The highest BCUT2D eigenvalue weighted by Crippen LogP contribution is 2.33. The van der Waals surface area contributed by atoms with Gasteiger partial charge in [-0.1, -0.05) is 50.2 Å². The van der Waals surface area contributed by atoms with Gasteiger partial charge in [0.2, 0.25) is 11.8 Å². The highest BCUT2D eigenvalue weighted by molar-refractivity contribution is 7.98. The largest absolute Gasteiger partial charge is 0.492 e. The van der Waals surface area contributed by atoms with Crippen LogP contribution in [0.1, 0.15) is 38.8 Å². The molecule has 0 aliphatic rings. The van der Waals surface area contributed by atoms with Crippen molar-refractivity contribution in [3.8, 4) is 5.75 Å². The van der Waals surface area contributed by atoms with Gasteiger partial charge in [0.15, 0.2) is 0 Å². The fourth-order valence-electron chi connectivity index (χ4n) is 4.34. The fourth-order valence-corrected chi connectivity index (χ4v) is 6.17. The van der Waals surface area contributed by atoms with Gasteiger partial charge in [-0.25, -0.2) is 8.42 Å². The molecule has 1 atom stereocenters. The standard InChI is InChI=1S/C32H41N3O5S2/c1-7-40-30-15-11-10-14-29(30)35(42(38,39)28-18-16-27(41-6)17-19-28)22-31(36)34(21-26-13-9-8-12-24(26)4)25(5)32(37)33-20-23(2)3/h8-19,23,25H,7,20-22H2,1-6H3,(H,33,37). The summed E-state index contributed by atoms with van der Waals surface area (Å²) in [5.74, 6) is -0.247. The van der Waals surface area contributed by atoms with E-state index in [1.54, 1.807) is 43.3 Å². The Bertz CT molecular complexity index is 1460. The lowest BCUT2D eigenvalue weighted by Gasteiger charge is -2.32. The molecule has 0 spiro atoms. The molecule has 3 aromatic carbocycles. The molecule has 0 saturated heterocycles. The lowest BCUT2D eigenvalue weighted by atomic mass is 10.1. The first-order chi connectivity index (χ1) is 20.0. The third kappa shape index (κ3) is 8.29. The van der Waals surface area contributed by atoms with Crippen LogP contribution in [0.2, 0.25) is 0 Å². The second-order valence-corrected chi connectivity index (χ2v) is 13.1. The van der Waals surface area contributed by atoms with Crippen molar-refractivity contribution in [2.75, 3.05) is 30.3 Å². The van der Waals surface area contributed by atoms with Crippen LogP contribution in [0.3, 0.4) is 0 Å². The Morgan fingerprint density at radius 2 is 1.60 bits per heavy atom. The number of ether oxygens (including phenoxy) is 1. The van der Waals surface area contributed by atoms with Gasteiger partial charge in [0.1, 0.15) is 18.3 Å². The van der Waals surface area contributed by atoms with Crippen LogP contribution in [-0.2, 0) is 26.2 Å². The van der Waals surface area contributed by atoms with Crippen LogP contribution in [0.25, 0.3) is 0 Å². The van der Waals surface area contributed by atoms with E-state index in [1.807, 2.05) is 58.2 Å². The summed E-state index contributed by atoms with van der Waals surface area (Å²) in [6.45, 7) is 9.79. The molecule has 42 heavy (non-hydrogen) atoms. The van der Waals surface area contributed by atoms with Crippen LogP contribution in [-0.4, -0.2) is 57.1 Å². The smallest absolute Gasteiger partial charge is 0.264 e. The van der Waals surface area contributed by atoms with Crippen LogP contribution in [0.4, 0.5) is 5.69 Å². The molecular formula is C32H41N3O5S2. The molecule has 3 aromatic rings. The number of sulfonamides is 1. The summed E-state index contributed by atoms with van der Waals surface area (Å²) in [5, 5.41) is 2.91. The fraction of sp³-hybridized carbons (Fsp3) is 0.375. The quantitative estimate of drug-likeness (QED) is 0.242. The second kappa shape index (κ2) is 15.1. The zero-order chi connectivity index (χ0) is 30.9. The predicted molar refractivity (Wildman–Crippen MR) is 169 cm³/mol. The van der Waals surface area contributed by atoms with Crippen molar-refractivity contribution in [2.24, 2.45) is 5.92 Å². The summed E-state index contributed by atoms with van der Waals surface area (Å²) in [4.78, 5) is 29.8. The summed E-state index contributed by atoms with van der Waals surface area (Å²) < 4.78 is 35.2. The van der Waals surface area contributed by atoms with Crippen LogP contribution in [0.5, 0.6) is 5.75 Å². The molecule has 0 fully saturated rings. The number of para-hydroxylation sites is 2. The number of thioether (sulfide) groups is 1. The number of amides is 2. The number of benzene rings is 3. The first-order valence-corrected chi connectivity index (χ1v) is 16.7. The molecule has 1 unspecified atom stereocenters. The maximum Gasteiger partial charge on any atom is 0.264 e. The van der Waals surface area contributed by atoms with Crippen molar-refractivity contribution >= 4 is 39.3 Å². The monoisotopic (exact) mass is 611 g/mol. The zero-order valence-electron chi connectivity index (χ0n) is 25.2. The number of carbonyl (C=O) groups is 2. The number of nitrogens with one attached hydrogen (secondary N) is 1. The Hall–Kier alpha value is -3.50. The van der Waals surface area contributed by atoms with Gasteiger partial charge in [0.05, 0.1) is 17.2 Å². The van der Waals surface area contributed by atoms with E-state index < -0.39 is 28.5 Å². The summed E-state index contributed by atoms with van der Waals surface area (Å²) in [6.07, 6.45) is 1.91. The summed E-state index contributed by atoms with van der Waals surface area (Å²) in [7, 11) is -4.20. The number of aryl methyl sites for hydroxylation is 1. The Morgan fingerprint density at radius 1 is 0.952 bits per heavy atom. The third-order valence-electron chi connectivity index (χ3n) is 6.81. The molecule has 0 bridgehead atoms. The van der Waals surface area contributed by atoms with Crippen molar-refractivity contribution < 1.29 is 22.7 Å².